The maximum Gasteiger partial charge on any atom is 0.408 e. The summed E-state index contributed by atoms with van der Waals surface area (Å²) in [5.74, 6) is -1.38. The van der Waals surface area contributed by atoms with Gasteiger partial charge in [-0.05, 0) is 30.6 Å². The Hall–Kier alpha value is -1.90. The summed E-state index contributed by atoms with van der Waals surface area (Å²) in [6.07, 6.45) is -4.36. The molecule has 5 nitrogen and oxygen atoms in total. The van der Waals surface area contributed by atoms with Crippen molar-refractivity contribution in [2.45, 2.75) is 43.5 Å². The molecule has 1 aromatic carbocycles. The van der Waals surface area contributed by atoms with E-state index in [1.807, 2.05) is 18.2 Å². The van der Waals surface area contributed by atoms with Gasteiger partial charge in [0.25, 0.3) is 0 Å². The fourth-order valence-electron chi connectivity index (χ4n) is 3.30. The normalized spacial score (nSPS) is 26.1. The molecule has 0 spiro atoms. The van der Waals surface area contributed by atoms with E-state index in [1.54, 1.807) is 12.1 Å². The number of nitrogens with one attached hydrogen (secondary N) is 1. The van der Waals surface area contributed by atoms with Gasteiger partial charge < -0.3 is 15.0 Å². The molecule has 0 radical (unpaired) electrons. The molecular weight excluding hydrogens is 381 g/mol. The van der Waals surface area contributed by atoms with E-state index >= 15 is 0 Å². The highest BCUT2D eigenvalue weighted by molar-refractivity contribution is 7.99. The monoisotopic (exact) mass is 402 g/mol. The number of rotatable bonds is 3. The highest BCUT2D eigenvalue weighted by atomic mass is 32.2. The first-order valence-electron chi connectivity index (χ1n) is 8.80. The van der Waals surface area contributed by atoms with E-state index in [2.05, 4.69) is 5.32 Å². The quantitative estimate of drug-likeness (QED) is 0.840. The molecule has 1 aromatic rings. The van der Waals surface area contributed by atoms with Crippen LogP contribution in [0.2, 0.25) is 0 Å². The van der Waals surface area contributed by atoms with E-state index in [0.29, 0.717) is 18.6 Å². The van der Waals surface area contributed by atoms with Crippen molar-refractivity contribution in [3.8, 4) is 0 Å². The molecule has 3 unspecified atom stereocenters. The molecule has 0 bridgehead atoms. The van der Waals surface area contributed by atoms with Crippen LogP contribution in [0.5, 0.6) is 0 Å². The predicted octanol–water partition coefficient (Wildman–Crippen LogP) is 3.55. The third kappa shape index (κ3) is 5.09. The Morgan fingerprint density at radius 2 is 1.96 bits per heavy atom. The number of hydrogen-bond donors (Lipinski definition) is 1. The number of benzene rings is 1. The topological polar surface area (TPSA) is 58.6 Å². The van der Waals surface area contributed by atoms with Crippen LogP contribution in [0.15, 0.2) is 30.3 Å². The molecule has 1 N–H and O–H groups in total. The molecule has 3 rings (SSSR count). The predicted molar refractivity (Wildman–Crippen MR) is 94.9 cm³/mol. The first kappa shape index (κ1) is 19.9. The summed E-state index contributed by atoms with van der Waals surface area (Å²) in [5.41, 5.74) is 0.805. The van der Waals surface area contributed by atoms with Crippen LogP contribution in [0.4, 0.5) is 18.0 Å². The van der Waals surface area contributed by atoms with Crippen molar-refractivity contribution in [1.29, 1.82) is 0 Å². The standard InChI is InChI=1S/C18H21F3N2O3S/c19-18(20,21)13-6-7-15-23(10-13)16(24)14(8-9-27-15)22-17(25)26-11-12-4-2-1-3-5-12/h1-5,13-15H,6-11H2,(H,22,25). The number of amides is 2. The minimum absolute atomic E-state index is 0.0299. The van der Waals surface area contributed by atoms with Crippen LogP contribution < -0.4 is 5.32 Å². The number of carbonyl (C=O) groups is 2. The van der Waals surface area contributed by atoms with Gasteiger partial charge in [-0.25, -0.2) is 4.79 Å². The van der Waals surface area contributed by atoms with E-state index < -0.39 is 30.1 Å². The number of alkyl halides is 3. The lowest BCUT2D eigenvalue weighted by Gasteiger charge is -2.39. The molecule has 2 fully saturated rings. The average Bonchev–Trinajstić information content (AvgIpc) is 2.79. The Bertz CT molecular complexity index is 672. The number of fused-ring (bicyclic) bond motifs is 1. The van der Waals surface area contributed by atoms with Crippen molar-refractivity contribution < 1.29 is 27.5 Å². The van der Waals surface area contributed by atoms with Crippen molar-refractivity contribution in [3.63, 3.8) is 0 Å². The summed E-state index contributed by atoms with van der Waals surface area (Å²) >= 11 is 1.47. The Kier molecular flexibility index (Phi) is 6.18. The van der Waals surface area contributed by atoms with Crippen LogP contribution >= 0.6 is 11.8 Å². The maximum absolute atomic E-state index is 13.1. The fourth-order valence-corrected chi connectivity index (χ4v) is 4.62. The van der Waals surface area contributed by atoms with Crippen molar-refractivity contribution in [1.82, 2.24) is 10.2 Å². The van der Waals surface area contributed by atoms with Gasteiger partial charge in [0.15, 0.2) is 0 Å². The van der Waals surface area contributed by atoms with Crippen LogP contribution in [-0.2, 0) is 16.1 Å². The van der Waals surface area contributed by atoms with E-state index in [-0.39, 0.29) is 24.9 Å². The Morgan fingerprint density at radius 3 is 2.67 bits per heavy atom. The van der Waals surface area contributed by atoms with E-state index in [9.17, 15) is 22.8 Å². The van der Waals surface area contributed by atoms with Gasteiger partial charge in [0.1, 0.15) is 12.6 Å². The summed E-state index contributed by atoms with van der Waals surface area (Å²) in [4.78, 5) is 26.1. The average molecular weight is 402 g/mol. The van der Waals surface area contributed by atoms with Gasteiger partial charge in [-0.3, -0.25) is 4.79 Å². The number of nitrogens with zero attached hydrogens (tertiary/aromatic N) is 1. The molecule has 3 atom stereocenters. The van der Waals surface area contributed by atoms with Gasteiger partial charge in [-0.2, -0.15) is 13.2 Å². The van der Waals surface area contributed by atoms with Crippen LogP contribution in [-0.4, -0.2) is 46.8 Å². The molecule has 2 heterocycles. The molecule has 27 heavy (non-hydrogen) atoms. The Balaban J connectivity index is 1.59. The second kappa shape index (κ2) is 8.41. The minimum Gasteiger partial charge on any atom is -0.445 e. The zero-order valence-electron chi connectivity index (χ0n) is 14.6. The van der Waals surface area contributed by atoms with Crippen LogP contribution in [0.25, 0.3) is 0 Å². The van der Waals surface area contributed by atoms with E-state index in [1.165, 1.54) is 16.7 Å². The molecule has 2 amide bonds. The summed E-state index contributed by atoms with van der Waals surface area (Å²) in [6, 6.07) is 8.21. The van der Waals surface area contributed by atoms with Gasteiger partial charge in [0.2, 0.25) is 5.91 Å². The summed E-state index contributed by atoms with van der Waals surface area (Å²) in [5, 5.41) is 2.26. The second-order valence-electron chi connectivity index (χ2n) is 6.68. The van der Waals surface area contributed by atoms with E-state index in [4.69, 9.17) is 4.74 Å². The molecule has 2 aliphatic rings. The third-order valence-electron chi connectivity index (χ3n) is 4.79. The van der Waals surface area contributed by atoms with Gasteiger partial charge in [-0.1, -0.05) is 30.3 Å². The highest BCUT2D eigenvalue weighted by Gasteiger charge is 2.47. The molecule has 2 aliphatic heterocycles. The number of alkyl carbamates (subject to hydrolysis) is 1. The number of carbonyl (C=O) groups excluding carboxylic acids is 2. The first-order valence-corrected chi connectivity index (χ1v) is 9.85. The van der Waals surface area contributed by atoms with Crippen LogP contribution in [0, 0.1) is 5.92 Å². The lowest BCUT2D eigenvalue weighted by atomic mass is 9.96. The molecule has 0 saturated carbocycles. The van der Waals surface area contributed by atoms with Crippen LogP contribution in [0.3, 0.4) is 0 Å². The smallest absolute Gasteiger partial charge is 0.408 e. The molecule has 0 aliphatic carbocycles. The number of hydrogen-bond acceptors (Lipinski definition) is 4. The molecule has 148 valence electrons. The molecular formula is C18H21F3N2O3S. The first-order chi connectivity index (χ1) is 12.8. The number of thioether (sulfide) groups is 1. The van der Waals surface area contributed by atoms with Crippen molar-refractivity contribution in [3.05, 3.63) is 35.9 Å². The Labute approximate surface area is 159 Å². The lowest BCUT2D eigenvalue weighted by molar-refractivity contribution is -0.189. The van der Waals surface area contributed by atoms with Gasteiger partial charge in [-0.15, -0.1) is 11.8 Å². The molecule has 9 heteroatoms. The van der Waals surface area contributed by atoms with Crippen molar-refractivity contribution in [2.24, 2.45) is 5.92 Å². The number of piperidine rings is 1. The SMILES string of the molecule is O=C(NC1CCSC2CCC(C(F)(F)F)CN2C1=O)OCc1ccccc1. The largest absolute Gasteiger partial charge is 0.445 e. The van der Waals surface area contributed by atoms with Crippen molar-refractivity contribution in [2.75, 3.05) is 12.3 Å². The zero-order chi connectivity index (χ0) is 19.4. The van der Waals surface area contributed by atoms with Gasteiger partial charge >= 0.3 is 12.3 Å². The number of halogens is 3. The highest BCUT2D eigenvalue weighted by Crippen LogP contribution is 2.39. The zero-order valence-corrected chi connectivity index (χ0v) is 15.4. The minimum atomic E-state index is -4.32. The lowest BCUT2D eigenvalue weighted by Crippen LogP contribution is -2.54. The maximum atomic E-state index is 13.1. The fraction of sp³-hybridized carbons (Fsp3) is 0.556. The van der Waals surface area contributed by atoms with Crippen LogP contribution in [0.1, 0.15) is 24.8 Å². The third-order valence-corrected chi connectivity index (χ3v) is 6.14. The Morgan fingerprint density at radius 1 is 1.22 bits per heavy atom. The summed E-state index contributed by atoms with van der Waals surface area (Å²) in [6.45, 7) is -0.290. The van der Waals surface area contributed by atoms with E-state index in [0.717, 1.165) is 5.56 Å². The number of ether oxygens (including phenoxy) is 1. The van der Waals surface area contributed by atoms with Crippen molar-refractivity contribution >= 4 is 23.8 Å². The van der Waals surface area contributed by atoms with Gasteiger partial charge in [0.05, 0.1) is 11.3 Å². The summed E-state index contributed by atoms with van der Waals surface area (Å²) < 4.78 is 44.3. The second-order valence-corrected chi connectivity index (χ2v) is 7.96. The summed E-state index contributed by atoms with van der Waals surface area (Å²) in [7, 11) is 0. The molecule has 0 aromatic heterocycles. The van der Waals surface area contributed by atoms with Gasteiger partial charge in [0, 0.05) is 6.54 Å². The molecule has 2 saturated heterocycles.